The molecule has 4 heteroatoms. The fraction of sp³-hybridized carbons (Fsp3) is 0.929. The van der Waals surface area contributed by atoms with Crippen LogP contribution in [0.25, 0.3) is 0 Å². The van der Waals surface area contributed by atoms with Gasteiger partial charge in [0.2, 0.25) is 5.91 Å². The molecule has 0 heterocycles. The molecule has 0 aliphatic carbocycles. The van der Waals surface area contributed by atoms with Crippen LogP contribution in [-0.2, 0) is 4.79 Å². The van der Waals surface area contributed by atoms with Crippen LogP contribution in [0.5, 0.6) is 0 Å². The molecule has 108 valence electrons. The highest BCUT2D eigenvalue weighted by Gasteiger charge is 2.41. The summed E-state index contributed by atoms with van der Waals surface area (Å²) in [7, 11) is 0. The zero-order valence-electron chi connectivity index (χ0n) is 12.8. The largest absolute Gasteiger partial charge is 0.396 e. The second-order valence-corrected chi connectivity index (χ2v) is 6.39. The number of nitrogens with two attached hydrogens (primary N) is 1. The van der Waals surface area contributed by atoms with Gasteiger partial charge in [-0.3, -0.25) is 4.79 Å². The van der Waals surface area contributed by atoms with Crippen LogP contribution < -0.4 is 11.1 Å². The number of rotatable bonds is 7. The van der Waals surface area contributed by atoms with E-state index in [1.54, 1.807) is 0 Å². The summed E-state index contributed by atoms with van der Waals surface area (Å²) in [5.41, 5.74) is 4.59. The normalized spacial score (nSPS) is 13.6. The lowest BCUT2D eigenvalue weighted by molar-refractivity contribution is -0.133. The van der Waals surface area contributed by atoms with E-state index in [0.29, 0.717) is 6.54 Å². The number of aliphatic hydroxyl groups excluding tert-OH is 1. The van der Waals surface area contributed by atoms with Gasteiger partial charge in [0, 0.05) is 17.5 Å². The molecule has 0 atom stereocenters. The molecule has 18 heavy (non-hydrogen) atoms. The summed E-state index contributed by atoms with van der Waals surface area (Å²) in [4.78, 5) is 12.2. The first kappa shape index (κ1) is 17.4. The third-order valence-corrected chi connectivity index (χ3v) is 4.64. The summed E-state index contributed by atoms with van der Waals surface area (Å²) < 4.78 is 0. The highest BCUT2D eigenvalue weighted by Crippen LogP contribution is 2.30. The Morgan fingerprint density at radius 3 is 1.89 bits per heavy atom. The van der Waals surface area contributed by atoms with Gasteiger partial charge in [0.1, 0.15) is 0 Å². The SMILES string of the molecule is CCC(CC)(CO)CNC(=O)C(C)(C)C(C)(C)N. The number of hydrogen-bond acceptors (Lipinski definition) is 3. The second kappa shape index (κ2) is 6.02. The van der Waals surface area contributed by atoms with Crippen LogP contribution >= 0.6 is 0 Å². The van der Waals surface area contributed by atoms with Crippen LogP contribution in [0.15, 0.2) is 0 Å². The molecule has 4 nitrogen and oxygen atoms in total. The Hall–Kier alpha value is -0.610. The van der Waals surface area contributed by atoms with E-state index in [2.05, 4.69) is 5.32 Å². The molecular formula is C14H30N2O2. The maximum atomic E-state index is 12.2. The van der Waals surface area contributed by atoms with Crippen molar-refractivity contribution in [1.29, 1.82) is 0 Å². The van der Waals surface area contributed by atoms with Crippen LogP contribution in [0.2, 0.25) is 0 Å². The van der Waals surface area contributed by atoms with Gasteiger partial charge in [-0.1, -0.05) is 13.8 Å². The summed E-state index contributed by atoms with van der Waals surface area (Å²) in [6, 6.07) is 0. The van der Waals surface area contributed by atoms with Crippen molar-refractivity contribution in [2.75, 3.05) is 13.2 Å². The molecule has 0 radical (unpaired) electrons. The Bertz CT molecular complexity index is 268. The van der Waals surface area contributed by atoms with Crippen molar-refractivity contribution in [3.8, 4) is 0 Å². The van der Waals surface area contributed by atoms with Gasteiger partial charge in [0.05, 0.1) is 12.0 Å². The molecule has 0 rings (SSSR count). The Balaban J connectivity index is 4.70. The molecule has 0 aliphatic heterocycles. The molecule has 0 aromatic rings. The fourth-order valence-electron chi connectivity index (χ4n) is 1.56. The maximum absolute atomic E-state index is 12.2. The Morgan fingerprint density at radius 1 is 1.17 bits per heavy atom. The van der Waals surface area contributed by atoms with Crippen LogP contribution in [0, 0.1) is 10.8 Å². The number of amides is 1. The molecule has 0 saturated heterocycles. The van der Waals surface area contributed by atoms with Crippen molar-refractivity contribution < 1.29 is 9.90 Å². The predicted molar refractivity (Wildman–Crippen MR) is 75.2 cm³/mol. The molecule has 4 N–H and O–H groups in total. The lowest BCUT2D eigenvalue weighted by Gasteiger charge is -2.38. The molecule has 1 amide bonds. The van der Waals surface area contributed by atoms with Gasteiger partial charge < -0.3 is 16.2 Å². The molecule has 0 aromatic heterocycles. The van der Waals surface area contributed by atoms with Crippen molar-refractivity contribution in [2.24, 2.45) is 16.6 Å². The van der Waals surface area contributed by atoms with Crippen molar-refractivity contribution in [2.45, 2.75) is 59.9 Å². The second-order valence-electron chi connectivity index (χ2n) is 6.39. The molecule has 0 bridgehead atoms. The van der Waals surface area contributed by atoms with Gasteiger partial charge >= 0.3 is 0 Å². The van der Waals surface area contributed by atoms with Gasteiger partial charge in [0.15, 0.2) is 0 Å². The van der Waals surface area contributed by atoms with E-state index in [0.717, 1.165) is 12.8 Å². The maximum Gasteiger partial charge on any atom is 0.227 e. The van der Waals surface area contributed by atoms with Crippen LogP contribution in [-0.4, -0.2) is 29.7 Å². The highest BCUT2D eigenvalue weighted by molar-refractivity contribution is 5.83. The summed E-state index contributed by atoms with van der Waals surface area (Å²) in [6.45, 7) is 12.0. The van der Waals surface area contributed by atoms with E-state index in [1.807, 2.05) is 41.5 Å². The lowest BCUT2D eigenvalue weighted by atomic mass is 9.74. The van der Waals surface area contributed by atoms with Gasteiger partial charge in [-0.2, -0.15) is 0 Å². The van der Waals surface area contributed by atoms with E-state index in [-0.39, 0.29) is 17.9 Å². The minimum absolute atomic E-state index is 0.0604. The number of carbonyl (C=O) groups excluding carboxylic acids is 1. The van der Waals surface area contributed by atoms with Gasteiger partial charge in [-0.25, -0.2) is 0 Å². The first-order valence-electron chi connectivity index (χ1n) is 6.74. The standard InChI is InChI=1S/C14H30N2O2/c1-7-14(8-2,10-17)9-16-11(18)12(3,4)13(5,6)15/h17H,7-10,15H2,1-6H3,(H,16,18). The Labute approximate surface area is 111 Å². The zero-order valence-corrected chi connectivity index (χ0v) is 12.8. The summed E-state index contributed by atoms with van der Waals surface area (Å²) in [5.74, 6) is -0.0604. The predicted octanol–water partition coefficient (Wildman–Crippen LogP) is 1.66. The van der Waals surface area contributed by atoms with Crippen molar-refractivity contribution >= 4 is 5.91 Å². The summed E-state index contributed by atoms with van der Waals surface area (Å²) >= 11 is 0. The Kier molecular flexibility index (Phi) is 5.82. The molecule has 0 unspecified atom stereocenters. The highest BCUT2D eigenvalue weighted by atomic mass is 16.3. The summed E-state index contributed by atoms with van der Waals surface area (Å²) in [6.07, 6.45) is 1.68. The molecule has 0 fully saturated rings. The fourth-order valence-corrected chi connectivity index (χ4v) is 1.56. The average molecular weight is 258 g/mol. The first-order chi connectivity index (χ1) is 8.06. The number of nitrogens with one attached hydrogen (secondary N) is 1. The minimum atomic E-state index is -0.643. The van der Waals surface area contributed by atoms with E-state index >= 15 is 0 Å². The molecular weight excluding hydrogens is 228 g/mol. The van der Waals surface area contributed by atoms with Gasteiger partial charge in [0.25, 0.3) is 0 Å². The molecule has 0 saturated carbocycles. The third kappa shape index (κ3) is 3.69. The van der Waals surface area contributed by atoms with Crippen molar-refractivity contribution in [1.82, 2.24) is 5.32 Å². The van der Waals surface area contributed by atoms with Crippen LogP contribution in [0.3, 0.4) is 0 Å². The van der Waals surface area contributed by atoms with Crippen LogP contribution in [0.4, 0.5) is 0 Å². The lowest BCUT2D eigenvalue weighted by Crippen LogP contribution is -2.56. The average Bonchev–Trinajstić information content (AvgIpc) is 2.29. The van der Waals surface area contributed by atoms with E-state index < -0.39 is 11.0 Å². The number of hydrogen-bond donors (Lipinski definition) is 3. The van der Waals surface area contributed by atoms with Crippen molar-refractivity contribution in [3.05, 3.63) is 0 Å². The van der Waals surface area contributed by atoms with Crippen LogP contribution in [0.1, 0.15) is 54.4 Å². The third-order valence-electron chi connectivity index (χ3n) is 4.64. The van der Waals surface area contributed by atoms with E-state index in [4.69, 9.17) is 5.73 Å². The zero-order chi connectivity index (χ0) is 14.6. The van der Waals surface area contributed by atoms with Gasteiger partial charge in [-0.05, 0) is 40.5 Å². The topological polar surface area (TPSA) is 75.3 Å². The number of carbonyl (C=O) groups is 1. The monoisotopic (exact) mass is 258 g/mol. The van der Waals surface area contributed by atoms with E-state index in [9.17, 15) is 9.90 Å². The first-order valence-corrected chi connectivity index (χ1v) is 6.74. The minimum Gasteiger partial charge on any atom is -0.396 e. The molecule has 0 aromatic carbocycles. The van der Waals surface area contributed by atoms with Gasteiger partial charge in [-0.15, -0.1) is 0 Å². The molecule has 0 spiro atoms. The molecule has 0 aliphatic rings. The number of aliphatic hydroxyl groups is 1. The summed E-state index contributed by atoms with van der Waals surface area (Å²) in [5, 5.41) is 12.4. The smallest absolute Gasteiger partial charge is 0.227 e. The van der Waals surface area contributed by atoms with Crippen molar-refractivity contribution in [3.63, 3.8) is 0 Å². The quantitative estimate of drug-likeness (QED) is 0.650. The van der Waals surface area contributed by atoms with E-state index in [1.165, 1.54) is 0 Å². The Morgan fingerprint density at radius 2 is 1.61 bits per heavy atom.